The zero-order valence-corrected chi connectivity index (χ0v) is 14.1. The molecule has 3 rings (SSSR count). The van der Waals surface area contributed by atoms with Crippen molar-refractivity contribution < 1.29 is 9.13 Å². The van der Waals surface area contributed by atoms with E-state index >= 15 is 0 Å². The Morgan fingerprint density at radius 3 is 2.50 bits per heavy atom. The van der Waals surface area contributed by atoms with Crippen LogP contribution in [-0.4, -0.2) is 18.2 Å². The molecule has 1 fully saturated rings. The van der Waals surface area contributed by atoms with Crippen molar-refractivity contribution in [3.63, 3.8) is 0 Å². The lowest BCUT2D eigenvalue weighted by Gasteiger charge is -2.44. The number of hydrogen-bond donors (Lipinski definition) is 0. The highest BCUT2D eigenvalue weighted by Gasteiger charge is 2.37. The monoisotopic (exact) mass is 325 g/mol. The molecule has 3 heteroatoms. The summed E-state index contributed by atoms with van der Waals surface area (Å²) in [5.41, 5.74) is 1.91. The summed E-state index contributed by atoms with van der Waals surface area (Å²) >= 11 is 0. The van der Waals surface area contributed by atoms with Crippen LogP contribution in [0.3, 0.4) is 0 Å². The zero-order chi connectivity index (χ0) is 17.0. The molecule has 0 N–H and O–H groups in total. The van der Waals surface area contributed by atoms with Gasteiger partial charge in [-0.1, -0.05) is 48.5 Å². The van der Waals surface area contributed by atoms with Crippen molar-refractivity contribution in [2.75, 3.05) is 13.3 Å². The molecular weight excluding hydrogens is 301 g/mol. The topological polar surface area (TPSA) is 12.5 Å². The van der Waals surface area contributed by atoms with E-state index in [9.17, 15) is 4.39 Å². The van der Waals surface area contributed by atoms with E-state index in [1.807, 2.05) is 24.3 Å². The van der Waals surface area contributed by atoms with Crippen molar-refractivity contribution in [1.82, 2.24) is 4.90 Å². The third-order valence-corrected chi connectivity index (χ3v) is 4.98. The molecule has 0 spiro atoms. The molecule has 0 unspecified atom stereocenters. The number of rotatable bonds is 5. The first-order chi connectivity index (χ1) is 11.6. The number of nitrogens with zero attached hydrogens (tertiary/aromatic N) is 1. The predicted octanol–water partition coefficient (Wildman–Crippen LogP) is 5.04. The Hall–Kier alpha value is -1.97. The van der Waals surface area contributed by atoms with Gasteiger partial charge in [0.25, 0.3) is 0 Å². The van der Waals surface area contributed by atoms with Crippen molar-refractivity contribution in [2.45, 2.75) is 31.4 Å². The van der Waals surface area contributed by atoms with Crippen molar-refractivity contribution in [3.05, 3.63) is 84.2 Å². The first kappa shape index (κ1) is 16.9. The number of benzene rings is 2. The number of ether oxygens (including phenoxy) is 1. The lowest BCUT2D eigenvalue weighted by Crippen LogP contribution is -2.45. The molecule has 0 radical (unpaired) electrons. The maximum Gasteiger partial charge on any atom is 0.123 e. The third kappa shape index (κ3) is 3.42. The second-order valence-electron chi connectivity index (χ2n) is 6.42. The quantitative estimate of drug-likeness (QED) is 0.714. The molecule has 24 heavy (non-hydrogen) atoms. The van der Waals surface area contributed by atoms with Crippen LogP contribution in [0, 0.1) is 5.82 Å². The largest absolute Gasteiger partial charge is 0.355 e. The van der Waals surface area contributed by atoms with Gasteiger partial charge in [-0.15, -0.1) is 6.58 Å². The molecular formula is C21H24FNO. The molecule has 0 saturated carbocycles. The summed E-state index contributed by atoms with van der Waals surface area (Å²) in [7, 11) is 0. The molecule has 0 bridgehead atoms. The Labute approximate surface area is 143 Å². The van der Waals surface area contributed by atoms with Gasteiger partial charge in [0.05, 0.1) is 5.60 Å². The standard InChI is InChI=1S/C21H24FNO/c1-3-13-21(19-9-11-20(22)12-10-19)14-15-23(16-24-21)17(2)18-7-5-4-6-8-18/h3-12,17H,1,13-16H2,2H3/t17-,21+/m0/s1. The summed E-state index contributed by atoms with van der Waals surface area (Å²) in [4.78, 5) is 2.33. The highest BCUT2D eigenvalue weighted by Crippen LogP contribution is 2.38. The Morgan fingerprint density at radius 2 is 1.92 bits per heavy atom. The first-order valence-corrected chi connectivity index (χ1v) is 8.44. The maximum atomic E-state index is 13.3. The van der Waals surface area contributed by atoms with Crippen LogP contribution < -0.4 is 0 Å². The third-order valence-electron chi connectivity index (χ3n) is 4.98. The summed E-state index contributed by atoms with van der Waals surface area (Å²) in [6.07, 6.45) is 3.48. The SMILES string of the molecule is C=CC[C@]1(c2ccc(F)cc2)CCN([C@@H](C)c2ccccc2)CO1. The smallest absolute Gasteiger partial charge is 0.123 e. The average molecular weight is 325 g/mol. The fourth-order valence-electron chi connectivity index (χ4n) is 3.41. The second-order valence-corrected chi connectivity index (χ2v) is 6.42. The molecule has 1 aliphatic heterocycles. The lowest BCUT2D eigenvalue weighted by atomic mass is 9.85. The van der Waals surface area contributed by atoms with Gasteiger partial charge in [0.15, 0.2) is 0 Å². The van der Waals surface area contributed by atoms with E-state index in [1.54, 1.807) is 0 Å². The molecule has 2 aromatic rings. The minimum Gasteiger partial charge on any atom is -0.355 e. The maximum absolute atomic E-state index is 13.3. The Bertz CT molecular complexity index is 660. The van der Waals surface area contributed by atoms with Gasteiger partial charge in [0.2, 0.25) is 0 Å². The van der Waals surface area contributed by atoms with Crippen LogP contribution in [0.15, 0.2) is 67.3 Å². The fraction of sp³-hybridized carbons (Fsp3) is 0.333. The Morgan fingerprint density at radius 1 is 1.21 bits per heavy atom. The molecule has 1 aliphatic rings. The van der Waals surface area contributed by atoms with Crippen LogP contribution in [0.25, 0.3) is 0 Å². The number of halogens is 1. The Balaban J connectivity index is 1.75. The van der Waals surface area contributed by atoms with Gasteiger partial charge < -0.3 is 4.74 Å². The van der Waals surface area contributed by atoms with Crippen molar-refractivity contribution in [2.24, 2.45) is 0 Å². The summed E-state index contributed by atoms with van der Waals surface area (Å²) in [5.74, 6) is -0.220. The van der Waals surface area contributed by atoms with Gasteiger partial charge in [-0.3, -0.25) is 4.90 Å². The van der Waals surface area contributed by atoms with Gasteiger partial charge in [-0.25, -0.2) is 4.39 Å². The van der Waals surface area contributed by atoms with Gasteiger partial charge >= 0.3 is 0 Å². The molecule has 126 valence electrons. The summed E-state index contributed by atoms with van der Waals surface area (Å²) in [6, 6.07) is 17.4. The first-order valence-electron chi connectivity index (χ1n) is 8.44. The van der Waals surface area contributed by atoms with E-state index in [0.717, 1.165) is 24.9 Å². The molecule has 2 aromatic carbocycles. The molecule has 1 heterocycles. The minimum atomic E-state index is -0.400. The van der Waals surface area contributed by atoms with Gasteiger partial charge in [-0.2, -0.15) is 0 Å². The predicted molar refractivity (Wildman–Crippen MR) is 95.0 cm³/mol. The van der Waals surface area contributed by atoms with Crippen LogP contribution in [0.2, 0.25) is 0 Å². The highest BCUT2D eigenvalue weighted by atomic mass is 19.1. The molecule has 2 atom stereocenters. The minimum absolute atomic E-state index is 0.220. The Kier molecular flexibility index (Phi) is 5.12. The average Bonchev–Trinajstić information content (AvgIpc) is 2.63. The van der Waals surface area contributed by atoms with E-state index in [2.05, 4.69) is 42.7 Å². The molecule has 0 amide bonds. The molecule has 0 aromatic heterocycles. The van der Waals surface area contributed by atoms with Crippen LogP contribution in [0.4, 0.5) is 4.39 Å². The van der Waals surface area contributed by atoms with Crippen LogP contribution in [0.1, 0.15) is 36.9 Å². The second kappa shape index (κ2) is 7.29. The van der Waals surface area contributed by atoms with Crippen LogP contribution in [0.5, 0.6) is 0 Å². The molecule has 1 saturated heterocycles. The van der Waals surface area contributed by atoms with E-state index in [4.69, 9.17) is 4.74 Å². The van der Waals surface area contributed by atoms with E-state index in [0.29, 0.717) is 12.8 Å². The summed E-state index contributed by atoms with van der Waals surface area (Å²) < 4.78 is 19.6. The lowest BCUT2D eigenvalue weighted by molar-refractivity contribution is -0.152. The van der Waals surface area contributed by atoms with Crippen LogP contribution >= 0.6 is 0 Å². The van der Waals surface area contributed by atoms with E-state index < -0.39 is 5.60 Å². The zero-order valence-electron chi connectivity index (χ0n) is 14.1. The van der Waals surface area contributed by atoms with Crippen molar-refractivity contribution >= 4 is 0 Å². The van der Waals surface area contributed by atoms with Crippen molar-refractivity contribution in [1.29, 1.82) is 0 Å². The summed E-state index contributed by atoms with van der Waals surface area (Å²) in [6.45, 7) is 7.57. The normalized spacial score (nSPS) is 22.9. The van der Waals surface area contributed by atoms with Gasteiger partial charge in [-0.05, 0) is 43.0 Å². The number of hydrogen-bond acceptors (Lipinski definition) is 2. The summed E-state index contributed by atoms with van der Waals surface area (Å²) in [5, 5.41) is 0. The highest BCUT2D eigenvalue weighted by molar-refractivity contribution is 5.25. The van der Waals surface area contributed by atoms with E-state index in [1.165, 1.54) is 17.7 Å². The molecule has 0 aliphatic carbocycles. The van der Waals surface area contributed by atoms with Crippen LogP contribution in [-0.2, 0) is 10.3 Å². The van der Waals surface area contributed by atoms with Crippen molar-refractivity contribution in [3.8, 4) is 0 Å². The van der Waals surface area contributed by atoms with Gasteiger partial charge in [0, 0.05) is 12.6 Å². The fourth-order valence-corrected chi connectivity index (χ4v) is 3.41. The molecule has 2 nitrogen and oxygen atoms in total. The van der Waals surface area contributed by atoms with E-state index in [-0.39, 0.29) is 5.82 Å². The van der Waals surface area contributed by atoms with Gasteiger partial charge in [0.1, 0.15) is 12.5 Å².